The number of benzene rings is 2. The van der Waals surface area contributed by atoms with E-state index < -0.39 is 0 Å². The van der Waals surface area contributed by atoms with Crippen LogP contribution in [-0.2, 0) is 11.3 Å². The number of rotatable bonds is 8. The van der Waals surface area contributed by atoms with Gasteiger partial charge in [-0.05, 0) is 43.2 Å². The number of hydrogen-bond acceptors (Lipinski definition) is 4. The summed E-state index contributed by atoms with van der Waals surface area (Å²) >= 11 is 1.61. The highest BCUT2D eigenvalue weighted by Gasteiger charge is 2.17. The summed E-state index contributed by atoms with van der Waals surface area (Å²) in [6.45, 7) is 2.94. The smallest absolute Gasteiger partial charge is 0.251 e. The molecular formula is C26H31N3O3S. The molecule has 1 aromatic heterocycles. The Bertz CT molecular complexity index is 1090. The van der Waals surface area contributed by atoms with E-state index in [1.54, 1.807) is 43.1 Å². The SMILES string of the molecule is COc1ccc(C(=O)NCCn2cc(SCC(=O)N3CCCCCC3)c3ccccc32)cc1. The molecule has 1 aliphatic heterocycles. The molecule has 7 heteroatoms. The van der Waals surface area contributed by atoms with Crippen molar-refractivity contribution in [1.29, 1.82) is 0 Å². The molecule has 174 valence electrons. The van der Waals surface area contributed by atoms with Crippen LogP contribution < -0.4 is 10.1 Å². The van der Waals surface area contributed by atoms with Crippen molar-refractivity contribution in [3.05, 3.63) is 60.3 Å². The predicted molar refractivity (Wildman–Crippen MR) is 133 cm³/mol. The molecule has 4 rings (SSSR count). The Morgan fingerprint density at radius 2 is 1.73 bits per heavy atom. The van der Waals surface area contributed by atoms with Gasteiger partial charge in [0.2, 0.25) is 5.91 Å². The molecule has 1 N–H and O–H groups in total. The van der Waals surface area contributed by atoms with Crippen molar-refractivity contribution >= 4 is 34.5 Å². The van der Waals surface area contributed by atoms with Crippen molar-refractivity contribution in [2.24, 2.45) is 0 Å². The van der Waals surface area contributed by atoms with Crippen LogP contribution in [0.3, 0.4) is 0 Å². The van der Waals surface area contributed by atoms with Gasteiger partial charge < -0.3 is 19.5 Å². The molecule has 2 heterocycles. The van der Waals surface area contributed by atoms with Crippen molar-refractivity contribution in [2.45, 2.75) is 37.1 Å². The van der Waals surface area contributed by atoms with Crippen LogP contribution in [0.4, 0.5) is 0 Å². The first-order valence-electron chi connectivity index (χ1n) is 11.6. The molecule has 0 unspecified atom stereocenters. The van der Waals surface area contributed by atoms with E-state index in [4.69, 9.17) is 4.74 Å². The van der Waals surface area contributed by atoms with Gasteiger partial charge in [-0.15, -0.1) is 11.8 Å². The van der Waals surface area contributed by atoms with Crippen LogP contribution in [-0.4, -0.2) is 53.8 Å². The summed E-state index contributed by atoms with van der Waals surface area (Å²) in [5, 5.41) is 4.14. The predicted octanol–water partition coefficient (Wildman–Crippen LogP) is 4.57. The van der Waals surface area contributed by atoms with Crippen LogP contribution in [0.25, 0.3) is 10.9 Å². The first-order valence-corrected chi connectivity index (χ1v) is 12.5. The second kappa shape index (κ2) is 11.3. The van der Waals surface area contributed by atoms with Crippen molar-refractivity contribution in [3.8, 4) is 5.75 Å². The van der Waals surface area contributed by atoms with Crippen LogP contribution in [0.5, 0.6) is 5.75 Å². The molecule has 6 nitrogen and oxygen atoms in total. The first-order chi connectivity index (χ1) is 16.2. The Kier molecular flexibility index (Phi) is 7.94. The number of aromatic nitrogens is 1. The van der Waals surface area contributed by atoms with E-state index in [2.05, 4.69) is 28.2 Å². The summed E-state index contributed by atoms with van der Waals surface area (Å²) in [6.07, 6.45) is 6.76. The highest BCUT2D eigenvalue weighted by atomic mass is 32.2. The molecule has 0 saturated carbocycles. The molecule has 3 aromatic rings. The molecule has 2 amide bonds. The number of methoxy groups -OCH3 is 1. The number of fused-ring (bicyclic) bond motifs is 1. The van der Waals surface area contributed by atoms with E-state index in [-0.39, 0.29) is 11.8 Å². The maximum absolute atomic E-state index is 12.7. The zero-order valence-corrected chi connectivity index (χ0v) is 19.9. The number of hydrogen-bond donors (Lipinski definition) is 1. The van der Waals surface area contributed by atoms with E-state index in [0.717, 1.165) is 47.5 Å². The van der Waals surface area contributed by atoms with Crippen LogP contribution in [0, 0.1) is 0 Å². The molecule has 0 radical (unpaired) electrons. The Morgan fingerprint density at radius 3 is 2.45 bits per heavy atom. The number of ether oxygens (including phenoxy) is 1. The van der Waals surface area contributed by atoms with Gasteiger partial charge in [0.25, 0.3) is 5.91 Å². The second-order valence-corrected chi connectivity index (χ2v) is 9.29. The standard InChI is InChI=1S/C26H31N3O3S/c1-32-21-12-10-20(11-13-21)26(31)27-14-17-29-18-24(22-8-4-5-9-23(22)29)33-19-25(30)28-15-6-2-3-7-16-28/h4-5,8-13,18H,2-3,6-7,14-17,19H2,1H3,(H,27,31). The zero-order valence-electron chi connectivity index (χ0n) is 19.1. The van der Waals surface area contributed by atoms with Crippen LogP contribution in [0.1, 0.15) is 36.0 Å². The molecule has 1 saturated heterocycles. The topological polar surface area (TPSA) is 63.6 Å². The first kappa shape index (κ1) is 23.2. The normalized spacial score (nSPS) is 14.2. The monoisotopic (exact) mass is 465 g/mol. The van der Waals surface area contributed by atoms with Crippen LogP contribution >= 0.6 is 11.8 Å². The average molecular weight is 466 g/mol. The number of nitrogens with one attached hydrogen (secondary N) is 1. The lowest BCUT2D eigenvalue weighted by atomic mass is 10.2. The summed E-state index contributed by atoms with van der Waals surface area (Å²) in [6, 6.07) is 15.3. The van der Waals surface area contributed by atoms with Crippen LogP contribution in [0.15, 0.2) is 59.6 Å². The molecule has 0 atom stereocenters. The third-order valence-corrected chi connectivity index (χ3v) is 7.08. The lowest BCUT2D eigenvalue weighted by Gasteiger charge is -2.19. The zero-order chi connectivity index (χ0) is 23.0. The minimum atomic E-state index is -0.105. The summed E-state index contributed by atoms with van der Waals surface area (Å²) < 4.78 is 7.30. The number of para-hydroxylation sites is 1. The number of nitrogens with zero attached hydrogens (tertiary/aromatic N) is 2. The summed E-state index contributed by atoms with van der Waals surface area (Å²) in [5.74, 6) is 1.31. The largest absolute Gasteiger partial charge is 0.497 e. The minimum absolute atomic E-state index is 0.105. The molecule has 0 aliphatic carbocycles. The lowest BCUT2D eigenvalue weighted by molar-refractivity contribution is -0.128. The fourth-order valence-electron chi connectivity index (χ4n) is 4.20. The van der Waals surface area contributed by atoms with Crippen LogP contribution in [0.2, 0.25) is 0 Å². The van der Waals surface area contributed by atoms with E-state index in [1.165, 1.54) is 12.8 Å². The Morgan fingerprint density at radius 1 is 1.00 bits per heavy atom. The molecule has 1 aliphatic rings. The quantitative estimate of drug-likeness (QED) is 0.495. The van der Waals surface area contributed by atoms with E-state index in [1.807, 2.05) is 17.0 Å². The van der Waals surface area contributed by atoms with Gasteiger partial charge in [-0.2, -0.15) is 0 Å². The van der Waals surface area contributed by atoms with E-state index >= 15 is 0 Å². The van der Waals surface area contributed by atoms with E-state index in [0.29, 0.717) is 24.4 Å². The van der Waals surface area contributed by atoms with Crippen molar-refractivity contribution in [3.63, 3.8) is 0 Å². The average Bonchev–Trinajstić information content (AvgIpc) is 3.01. The summed E-state index contributed by atoms with van der Waals surface area (Å²) in [5.41, 5.74) is 1.72. The Balaban J connectivity index is 1.37. The van der Waals surface area contributed by atoms with Crippen molar-refractivity contribution in [2.75, 3.05) is 32.5 Å². The summed E-state index contributed by atoms with van der Waals surface area (Å²) in [7, 11) is 1.61. The van der Waals surface area contributed by atoms with Gasteiger partial charge in [-0.1, -0.05) is 31.0 Å². The second-order valence-electron chi connectivity index (χ2n) is 8.27. The Labute approximate surface area is 199 Å². The van der Waals surface area contributed by atoms with Gasteiger partial charge >= 0.3 is 0 Å². The number of carbonyl (C=O) groups is 2. The van der Waals surface area contributed by atoms with Crippen molar-refractivity contribution < 1.29 is 14.3 Å². The number of amides is 2. The van der Waals surface area contributed by atoms with Crippen molar-refractivity contribution in [1.82, 2.24) is 14.8 Å². The summed E-state index contributed by atoms with van der Waals surface area (Å²) in [4.78, 5) is 28.3. The van der Waals surface area contributed by atoms with Gasteiger partial charge in [0.1, 0.15) is 5.75 Å². The third-order valence-electron chi connectivity index (χ3n) is 6.05. The molecule has 0 bridgehead atoms. The molecular weight excluding hydrogens is 434 g/mol. The molecule has 33 heavy (non-hydrogen) atoms. The van der Waals surface area contributed by atoms with Gasteiger partial charge in [0.05, 0.1) is 12.9 Å². The highest BCUT2D eigenvalue weighted by Crippen LogP contribution is 2.30. The van der Waals surface area contributed by atoms with E-state index in [9.17, 15) is 9.59 Å². The van der Waals surface area contributed by atoms with Gasteiger partial charge in [-0.3, -0.25) is 9.59 Å². The number of carbonyl (C=O) groups excluding carboxylic acids is 2. The lowest BCUT2D eigenvalue weighted by Crippen LogP contribution is -2.33. The maximum atomic E-state index is 12.7. The van der Waals surface area contributed by atoms with Gasteiger partial charge in [-0.25, -0.2) is 0 Å². The highest BCUT2D eigenvalue weighted by molar-refractivity contribution is 8.00. The molecule has 0 spiro atoms. The third kappa shape index (κ3) is 5.90. The number of likely N-dealkylation sites (tertiary alicyclic amines) is 1. The fourth-order valence-corrected chi connectivity index (χ4v) is 5.19. The minimum Gasteiger partial charge on any atom is -0.497 e. The Hall–Kier alpha value is -2.93. The van der Waals surface area contributed by atoms with Gasteiger partial charge in [0, 0.05) is 53.7 Å². The van der Waals surface area contributed by atoms with Gasteiger partial charge in [0.15, 0.2) is 0 Å². The molecule has 1 fully saturated rings. The maximum Gasteiger partial charge on any atom is 0.251 e. The number of thioether (sulfide) groups is 1. The molecule has 2 aromatic carbocycles. The fraction of sp³-hybridized carbons (Fsp3) is 0.385.